The van der Waals surface area contributed by atoms with E-state index in [0.717, 1.165) is 22.7 Å². The number of carbonyl (C=O) groups excluding carboxylic acids is 11. The molecule has 0 saturated carbocycles. The van der Waals surface area contributed by atoms with Gasteiger partial charge in [0.25, 0.3) is 0 Å². The molecule has 0 aliphatic heterocycles. The molecule has 0 aliphatic rings. The number of aromatic amines is 1. The number of carbonyl (C=O) groups is 13. The van der Waals surface area contributed by atoms with E-state index in [9.17, 15) is 85.5 Å². The SMILES string of the molecule is CSCC[C@H](NC(=O)[C@H](Cc1ccc(OS(=O)(=O)O)cc1)NC(=O)[C@H](CC(=O)O)NC(=O)[C@H](CS)NC(=O)CNC(=O)CCP(c1ccccc1)c1ccccc1)C(=O)NCC(=O)N[C@@H](Cc1c[nH]c2ccccc12)C(=O)N[C@@H](CCSC)C(=O)N[C@@H](CC(=O)O)C(=O)N[C@@H](Cc1ccccc1)C(N)=O. The van der Waals surface area contributed by atoms with Gasteiger partial charge in [-0.2, -0.15) is 44.6 Å². The lowest BCUT2D eigenvalue weighted by molar-refractivity contribution is -0.142. The fourth-order valence-corrected chi connectivity index (χ4v) is 14.4. The first-order chi connectivity index (χ1) is 50.1. The van der Waals surface area contributed by atoms with Gasteiger partial charge in [-0.1, -0.05) is 121 Å². The van der Waals surface area contributed by atoms with E-state index in [0.29, 0.717) is 28.2 Å². The fourth-order valence-electron chi connectivity index (χ4n) is 10.5. The van der Waals surface area contributed by atoms with E-state index in [1.165, 1.54) is 35.7 Å². The number of thiol groups is 1. The van der Waals surface area contributed by atoms with Crippen LogP contribution in [0.15, 0.2) is 146 Å². The molecule has 36 heteroatoms. The molecule has 8 atom stereocenters. The molecule has 11 amide bonds. The zero-order chi connectivity index (χ0) is 76.6. The maximum absolute atomic E-state index is 14.6. The summed E-state index contributed by atoms with van der Waals surface area (Å²) in [5.41, 5.74) is 7.58. The molecular formula is C69H83N12O19PS4. The van der Waals surface area contributed by atoms with Gasteiger partial charge in [-0.3, -0.25) is 66.9 Å². The Morgan fingerprint density at radius 3 is 1.43 bits per heavy atom. The van der Waals surface area contributed by atoms with E-state index >= 15 is 0 Å². The summed E-state index contributed by atoms with van der Waals surface area (Å²) in [6.07, 6.45) is 2.48. The Morgan fingerprint density at radius 2 is 0.914 bits per heavy atom. The second kappa shape index (κ2) is 42.6. The van der Waals surface area contributed by atoms with Crippen molar-refractivity contribution in [3.8, 4) is 5.75 Å². The van der Waals surface area contributed by atoms with Crippen molar-refractivity contribution in [2.24, 2.45) is 5.73 Å². The number of nitrogens with one attached hydrogen (secondary N) is 11. The van der Waals surface area contributed by atoms with Gasteiger partial charge in [0.05, 0.1) is 25.9 Å². The monoisotopic (exact) mass is 1540 g/mol. The number of para-hydroxylation sites is 1. The van der Waals surface area contributed by atoms with Crippen LogP contribution in [0, 0.1) is 0 Å². The van der Waals surface area contributed by atoms with E-state index in [2.05, 4.69) is 75.0 Å². The molecule has 6 aromatic rings. The lowest BCUT2D eigenvalue weighted by Gasteiger charge is -2.26. The van der Waals surface area contributed by atoms with Crippen LogP contribution in [-0.2, 0) is 92.0 Å². The second-order valence-corrected chi connectivity index (χ2v) is 29.3. The van der Waals surface area contributed by atoms with E-state index < -0.39 is 182 Å². The zero-order valence-electron chi connectivity index (χ0n) is 56.9. The lowest BCUT2D eigenvalue weighted by Crippen LogP contribution is -2.60. The zero-order valence-corrected chi connectivity index (χ0v) is 61.2. The number of aliphatic carboxylic acids is 2. The third kappa shape index (κ3) is 28.8. The minimum absolute atomic E-state index is 0.0452. The molecule has 1 heterocycles. The van der Waals surface area contributed by atoms with Crippen LogP contribution < -0.4 is 73.7 Å². The van der Waals surface area contributed by atoms with Crippen molar-refractivity contribution in [1.29, 1.82) is 0 Å². The molecule has 0 radical (unpaired) electrons. The summed E-state index contributed by atoms with van der Waals surface area (Å²) < 4.78 is 36.7. The number of hydrogen-bond acceptors (Lipinski definition) is 19. The molecule has 0 fully saturated rings. The molecule has 31 nitrogen and oxygen atoms in total. The molecule has 0 unspecified atom stereocenters. The molecule has 0 bridgehead atoms. The fraction of sp³-hybridized carbons (Fsp3) is 0.348. The Bertz CT molecular complexity index is 4070. The number of benzene rings is 5. The van der Waals surface area contributed by atoms with Gasteiger partial charge in [0.15, 0.2) is 0 Å². The number of hydrogen-bond donors (Lipinski definition) is 16. The molecule has 105 heavy (non-hydrogen) atoms. The van der Waals surface area contributed by atoms with Gasteiger partial charge >= 0.3 is 22.3 Å². The van der Waals surface area contributed by atoms with Gasteiger partial charge < -0.3 is 78.3 Å². The van der Waals surface area contributed by atoms with E-state index in [-0.39, 0.29) is 54.9 Å². The number of fused-ring (bicyclic) bond motifs is 1. The molecular weight excluding hydrogens is 1460 g/mol. The number of thioether (sulfide) groups is 2. The van der Waals surface area contributed by atoms with Crippen molar-refractivity contribution in [3.63, 3.8) is 0 Å². The Kier molecular flexibility index (Phi) is 34.1. The molecule has 6 rings (SSSR count). The topological polar surface area (TPSA) is 488 Å². The summed E-state index contributed by atoms with van der Waals surface area (Å²) in [4.78, 5) is 180. The smallest absolute Gasteiger partial charge is 0.446 e. The third-order valence-electron chi connectivity index (χ3n) is 15.8. The van der Waals surface area contributed by atoms with E-state index in [1.54, 1.807) is 73.3 Å². The van der Waals surface area contributed by atoms with Crippen molar-refractivity contribution in [2.45, 2.75) is 99.7 Å². The Morgan fingerprint density at radius 1 is 0.495 bits per heavy atom. The first-order valence-electron chi connectivity index (χ1n) is 32.6. The average Bonchev–Trinajstić information content (AvgIpc) is 1.75. The van der Waals surface area contributed by atoms with Crippen LogP contribution in [0.2, 0.25) is 0 Å². The average molecular weight is 1540 g/mol. The highest BCUT2D eigenvalue weighted by molar-refractivity contribution is 7.98. The first kappa shape index (κ1) is 83.9. The molecule has 16 N–H and O–H groups in total. The van der Waals surface area contributed by atoms with Crippen LogP contribution in [-0.4, -0.2) is 202 Å². The quantitative estimate of drug-likeness (QED) is 0.0135. The minimum atomic E-state index is -4.99. The van der Waals surface area contributed by atoms with Crippen LogP contribution in [0.5, 0.6) is 5.75 Å². The number of rotatable bonds is 44. The predicted octanol–water partition coefficient (Wildman–Crippen LogP) is -0.118. The number of carboxylic acids is 2. The molecule has 1 aromatic heterocycles. The number of primary amides is 1. The van der Waals surface area contributed by atoms with E-state index in [1.807, 2.05) is 60.7 Å². The standard InChI is InChI=1S/C69H83N12O19PS4/c1-103-30-27-49(63(90)73-39-59(84)74-53(34-43-37-71-48-21-13-12-20-47(43)48)66(93)77-50(28-31-104-2)64(91)80-54(35-60(85)86)67(94)78-51(62(70)89)32-41-14-6-3-7-15-41)76-65(92)52(33-42-22-24-44(25-23-42)100-105(97,98)99)79-68(95)55(36-61(87)88)81-69(96)56(40-102)75-58(83)38-72-57(82)26-29-101(45-16-8-4-9-17-45)46-18-10-5-11-19-46/h3-25,37,49-56,71,102H,26-36,38-40H2,1-2H3,(H2,70,89)(H,72,82)(H,73,90)(H,74,84)(H,75,83)(H,76,92)(H,77,93)(H,78,94)(H,79,95)(H,80,91)(H,81,96)(H,85,86)(H,87,88)(H,97,98,99)/t49-,50-,51-,52-,53-,54-,55-,56-/m0/s1. The van der Waals surface area contributed by atoms with Gasteiger partial charge in [-0.25, -0.2) is 0 Å². The normalized spacial score (nSPS) is 13.5. The number of carboxylic acid groups (broad SMARTS) is 2. The van der Waals surface area contributed by atoms with Gasteiger partial charge in [-0.15, -0.1) is 0 Å². The molecule has 0 saturated heterocycles. The highest BCUT2D eigenvalue weighted by atomic mass is 32.3. The van der Waals surface area contributed by atoms with Gasteiger partial charge in [0.1, 0.15) is 54.1 Å². The van der Waals surface area contributed by atoms with Crippen molar-refractivity contribution < 1.29 is 89.7 Å². The van der Waals surface area contributed by atoms with E-state index in [4.69, 9.17) is 5.73 Å². The predicted molar refractivity (Wildman–Crippen MR) is 398 cm³/mol. The number of nitrogens with two attached hydrogens (primary N) is 1. The highest BCUT2D eigenvalue weighted by Gasteiger charge is 2.36. The second-order valence-electron chi connectivity index (χ2n) is 23.6. The molecule has 5 aromatic carbocycles. The van der Waals surface area contributed by atoms with Crippen molar-refractivity contribution in [2.75, 3.05) is 49.0 Å². The largest absolute Gasteiger partial charge is 0.481 e. The summed E-state index contributed by atoms with van der Waals surface area (Å²) in [7, 11) is -5.93. The Balaban J connectivity index is 1.16. The Hall–Kier alpha value is -10.1. The van der Waals surface area contributed by atoms with Crippen LogP contribution in [0.3, 0.4) is 0 Å². The van der Waals surface area contributed by atoms with Crippen LogP contribution >= 0.6 is 44.1 Å². The van der Waals surface area contributed by atoms with Gasteiger partial charge in [0.2, 0.25) is 65.0 Å². The number of H-pyrrole nitrogens is 1. The summed E-state index contributed by atoms with van der Waals surface area (Å²) >= 11 is 6.72. The van der Waals surface area contributed by atoms with Crippen LogP contribution in [0.4, 0.5) is 0 Å². The molecule has 0 aliphatic carbocycles. The van der Waals surface area contributed by atoms with Gasteiger partial charge in [-0.05, 0) is 96.4 Å². The van der Waals surface area contributed by atoms with Crippen molar-refractivity contribution in [3.05, 3.63) is 162 Å². The lowest BCUT2D eigenvalue weighted by atomic mass is 10.0. The number of amides is 11. The van der Waals surface area contributed by atoms with Crippen LogP contribution in [0.1, 0.15) is 48.8 Å². The number of aromatic nitrogens is 1. The highest BCUT2D eigenvalue weighted by Crippen LogP contribution is 2.34. The summed E-state index contributed by atoms with van der Waals surface area (Å²) in [6, 6.07) is 26.6. The van der Waals surface area contributed by atoms with Gasteiger partial charge in [0, 0.05) is 48.5 Å². The molecule has 562 valence electrons. The molecule has 0 spiro atoms. The van der Waals surface area contributed by atoms with Crippen LogP contribution in [0.25, 0.3) is 10.9 Å². The summed E-state index contributed by atoms with van der Waals surface area (Å²) in [5, 5.41) is 47.2. The maximum atomic E-state index is 14.6. The van der Waals surface area contributed by atoms with Crippen molar-refractivity contribution >= 4 is 153 Å². The van der Waals surface area contributed by atoms with Crippen molar-refractivity contribution in [1.82, 2.24) is 58.2 Å². The first-order valence-corrected chi connectivity index (χ1v) is 38.9. The Labute approximate surface area is 619 Å². The summed E-state index contributed by atoms with van der Waals surface area (Å²) in [6.45, 7) is -1.42. The minimum Gasteiger partial charge on any atom is -0.481 e. The maximum Gasteiger partial charge on any atom is 0.446 e. The summed E-state index contributed by atoms with van der Waals surface area (Å²) in [5.74, 6) is -14.0. The third-order valence-corrected chi connectivity index (χ3v) is 20.4.